The average Bonchev–Trinajstić information content (AvgIpc) is 3.12. The van der Waals surface area contributed by atoms with E-state index in [9.17, 15) is 18.0 Å². The maximum absolute atomic E-state index is 13.0. The van der Waals surface area contributed by atoms with Crippen LogP contribution in [0.15, 0.2) is 48.5 Å². The molecule has 2 saturated heterocycles. The van der Waals surface area contributed by atoms with Crippen molar-refractivity contribution in [1.29, 1.82) is 0 Å². The molecule has 176 valence electrons. The van der Waals surface area contributed by atoms with Gasteiger partial charge in [-0.15, -0.1) is 0 Å². The topological polar surface area (TPSA) is 105 Å². The van der Waals surface area contributed by atoms with Gasteiger partial charge in [-0.25, -0.2) is 12.7 Å². The number of carbonyl (C=O) groups excluding carboxylic acids is 2. The van der Waals surface area contributed by atoms with Crippen LogP contribution in [-0.4, -0.2) is 70.8 Å². The van der Waals surface area contributed by atoms with E-state index in [2.05, 4.69) is 10.2 Å². The van der Waals surface area contributed by atoms with Crippen molar-refractivity contribution in [2.24, 2.45) is 0 Å². The molecule has 1 N–H and O–H groups in total. The van der Waals surface area contributed by atoms with Gasteiger partial charge in [-0.3, -0.25) is 14.5 Å². The lowest BCUT2D eigenvalue weighted by Gasteiger charge is -2.35. The number of nitrogens with zero attached hydrogens (tertiary/aromatic N) is 2. The largest absolute Gasteiger partial charge is 0.497 e. The third-order valence-electron chi connectivity index (χ3n) is 5.84. The van der Waals surface area contributed by atoms with Gasteiger partial charge >= 0.3 is 0 Å². The van der Waals surface area contributed by atoms with Gasteiger partial charge in [-0.2, -0.15) is 0 Å². The average molecular weight is 474 g/mol. The number of rotatable bonds is 7. The lowest BCUT2D eigenvalue weighted by molar-refractivity contribution is -0.116. The van der Waals surface area contributed by atoms with Crippen molar-refractivity contribution in [2.45, 2.75) is 12.5 Å². The molecule has 0 aromatic heterocycles. The molecule has 33 heavy (non-hydrogen) atoms. The number of nitrogens with one attached hydrogen (secondary N) is 1. The standard InChI is InChI=1S/C23H27N3O6S/c1-31-20-7-3-4-17(15-20)21(25-9-11-32-12-10-25)16-24-23(28)18-5-2-6-19(14-18)26-22(27)8-13-33(26,29)30/h2-7,14-15,21H,8-13,16H2,1H3,(H,24,28)/t21-/m0/s1. The number of amides is 2. The van der Waals surface area contributed by atoms with E-state index in [1.54, 1.807) is 19.2 Å². The number of methoxy groups -OCH3 is 1. The van der Waals surface area contributed by atoms with Gasteiger partial charge in [-0.05, 0) is 35.9 Å². The minimum atomic E-state index is -3.69. The summed E-state index contributed by atoms with van der Waals surface area (Å²) in [6.07, 6.45) is -0.0550. The first-order valence-electron chi connectivity index (χ1n) is 10.8. The fourth-order valence-electron chi connectivity index (χ4n) is 4.13. The highest BCUT2D eigenvalue weighted by molar-refractivity contribution is 7.94. The Bertz CT molecular complexity index is 1130. The van der Waals surface area contributed by atoms with E-state index in [-0.39, 0.29) is 35.4 Å². The smallest absolute Gasteiger partial charge is 0.251 e. The molecule has 2 fully saturated rings. The number of anilines is 1. The minimum absolute atomic E-state index is 0.0550. The number of sulfonamides is 1. The summed E-state index contributed by atoms with van der Waals surface area (Å²) >= 11 is 0. The first-order chi connectivity index (χ1) is 15.9. The Balaban J connectivity index is 1.52. The Labute approximate surface area is 193 Å². The van der Waals surface area contributed by atoms with Crippen LogP contribution >= 0.6 is 0 Å². The van der Waals surface area contributed by atoms with E-state index in [4.69, 9.17) is 9.47 Å². The molecule has 2 aromatic rings. The molecule has 1 atom stereocenters. The van der Waals surface area contributed by atoms with Crippen molar-refractivity contribution in [3.8, 4) is 5.75 Å². The molecule has 0 bridgehead atoms. The SMILES string of the molecule is COc1cccc([C@H](CNC(=O)c2cccc(N3C(=O)CCS3(=O)=O)c2)N2CCOCC2)c1. The molecule has 2 aromatic carbocycles. The maximum Gasteiger partial charge on any atom is 0.251 e. The molecule has 2 amide bonds. The molecule has 4 rings (SSSR count). The Morgan fingerprint density at radius 2 is 1.91 bits per heavy atom. The lowest BCUT2D eigenvalue weighted by Crippen LogP contribution is -2.43. The van der Waals surface area contributed by atoms with Crippen LogP contribution < -0.4 is 14.4 Å². The van der Waals surface area contributed by atoms with Gasteiger partial charge in [0.15, 0.2) is 0 Å². The number of benzene rings is 2. The van der Waals surface area contributed by atoms with E-state index >= 15 is 0 Å². The molecule has 0 radical (unpaired) electrons. The zero-order valence-corrected chi connectivity index (χ0v) is 19.2. The van der Waals surface area contributed by atoms with Crippen LogP contribution in [0.4, 0.5) is 5.69 Å². The maximum atomic E-state index is 13.0. The molecule has 9 nitrogen and oxygen atoms in total. The second-order valence-corrected chi connectivity index (χ2v) is 9.86. The molecule has 2 aliphatic rings. The molecular weight excluding hydrogens is 446 g/mol. The van der Waals surface area contributed by atoms with Crippen molar-refractivity contribution in [2.75, 3.05) is 50.0 Å². The second kappa shape index (κ2) is 9.90. The Kier molecular flexibility index (Phi) is 6.96. The predicted molar refractivity (Wildman–Crippen MR) is 123 cm³/mol. The highest BCUT2D eigenvalue weighted by atomic mass is 32.2. The molecular formula is C23H27N3O6S. The first-order valence-corrected chi connectivity index (χ1v) is 12.4. The first kappa shape index (κ1) is 23.2. The number of morpholine rings is 1. The molecule has 0 unspecified atom stereocenters. The molecule has 0 saturated carbocycles. The van der Waals surface area contributed by atoms with Crippen molar-refractivity contribution in [1.82, 2.24) is 10.2 Å². The number of ether oxygens (including phenoxy) is 2. The molecule has 2 aliphatic heterocycles. The van der Waals surface area contributed by atoms with Crippen LogP contribution in [0.2, 0.25) is 0 Å². The van der Waals surface area contributed by atoms with E-state index in [0.29, 0.717) is 19.8 Å². The van der Waals surface area contributed by atoms with Crippen LogP contribution in [0.1, 0.15) is 28.4 Å². The second-order valence-electron chi connectivity index (χ2n) is 7.93. The van der Waals surface area contributed by atoms with E-state index in [1.165, 1.54) is 12.1 Å². The number of carbonyl (C=O) groups is 2. The van der Waals surface area contributed by atoms with Gasteiger partial charge in [-0.1, -0.05) is 18.2 Å². The summed E-state index contributed by atoms with van der Waals surface area (Å²) in [5, 5.41) is 2.97. The summed E-state index contributed by atoms with van der Waals surface area (Å²) < 4.78 is 36.1. The fourth-order valence-corrected chi connectivity index (χ4v) is 5.58. The van der Waals surface area contributed by atoms with E-state index in [1.807, 2.05) is 24.3 Å². The van der Waals surface area contributed by atoms with Gasteiger partial charge < -0.3 is 14.8 Å². The molecule has 2 heterocycles. The van der Waals surface area contributed by atoms with Crippen LogP contribution in [0, 0.1) is 0 Å². The summed E-state index contributed by atoms with van der Waals surface area (Å²) in [7, 11) is -2.08. The van der Waals surface area contributed by atoms with E-state index in [0.717, 1.165) is 28.7 Å². The van der Waals surface area contributed by atoms with Crippen molar-refractivity contribution < 1.29 is 27.5 Å². The third-order valence-corrected chi connectivity index (χ3v) is 7.53. The fraction of sp³-hybridized carbons (Fsp3) is 0.391. The summed E-state index contributed by atoms with van der Waals surface area (Å²) in [4.78, 5) is 27.3. The quantitative estimate of drug-likeness (QED) is 0.651. The summed E-state index contributed by atoms with van der Waals surface area (Å²) in [6, 6.07) is 13.8. The molecule has 0 spiro atoms. The normalized spacial score (nSPS) is 19.3. The summed E-state index contributed by atoms with van der Waals surface area (Å²) in [5.41, 5.74) is 1.48. The highest BCUT2D eigenvalue weighted by Gasteiger charge is 2.36. The highest BCUT2D eigenvalue weighted by Crippen LogP contribution is 2.27. The van der Waals surface area contributed by atoms with Crippen molar-refractivity contribution >= 4 is 27.5 Å². The Morgan fingerprint density at radius 1 is 1.15 bits per heavy atom. The van der Waals surface area contributed by atoms with Crippen molar-refractivity contribution in [3.63, 3.8) is 0 Å². The lowest BCUT2D eigenvalue weighted by atomic mass is 10.0. The van der Waals surface area contributed by atoms with Gasteiger partial charge in [0.05, 0.1) is 37.8 Å². The zero-order chi connectivity index (χ0) is 23.4. The monoisotopic (exact) mass is 473 g/mol. The van der Waals surface area contributed by atoms with Gasteiger partial charge in [0.2, 0.25) is 15.9 Å². The summed E-state index contributed by atoms with van der Waals surface area (Å²) in [6.45, 7) is 3.06. The van der Waals surface area contributed by atoms with E-state index < -0.39 is 15.9 Å². The van der Waals surface area contributed by atoms with Crippen LogP contribution in [0.25, 0.3) is 0 Å². The van der Waals surface area contributed by atoms with Gasteiger partial charge in [0.25, 0.3) is 5.91 Å². The van der Waals surface area contributed by atoms with Crippen LogP contribution in [0.5, 0.6) is 5.75 Å². The zero-order valence-electron chi connectivity index (χ0n) is 18.4. The Hall–Kier alpha value is -2.95. The Morgan fingerprint density at radius 3 is 2.61 bits per heavy atom. The van der Waals surface area contributed by atoms with Crippen molar-refractivity contribution in [3.05, 3.63) is 59.7 Å². The minimum Gasteiger partial charge on any atom is -0.497 e. The molecule has 10 heteroatoms. The van der Waals surface area contributed by atoms with Gasteiger partial charge in [0.1, 0.15) is 5.75 Å². The summed E-state index contributed by atoms with van der Waals surface area (Å²) in [5.74, 6) is -0.314. The van der Waals surface area contributed by atoms with Crippen LogP contribution in [-0.2, 0) is 19.6 Å². The third kappa shape index (κ3) is 5.18. The van der Waals surface area contributed by atoms with Crippen LogP contribution in [0.3, 0.4) is 0 Å². The number of hydrogen-bond acceptors (Lipinski definition) is 7. The predicted octanol–water partition coefficient (Wildman–Crippen LogP) is 1.56. The molecule has 0 aliphatic carbocycles. The van der Waals surface area contributed by atoms with Gasteiger partial charge in [0, 0.05) is 31.6 Å². The number of hydrogen-bond donors (Lipinski definition) is 1.